The van der Waals surface area contributed by atoms with E-state index in [0.717, 1.165) is 23.4 Å². The summed E-state index contributed by atoms with van der Waals surface area (Å²) in [4.78, 5) is 21.2. The first-order valence-electron chi connectivity index (χ1n) is 8.25. The summed E-state index contributed by atoms with van der Waals surface area (Å²) < 4.78 is 0. The minimum atomic E-state index is -0.219. The number of nitrogens with zero attached hydrogens (tertiary/aromatic N) is 2. The van der Waals surface area contributed by atoms with Gasteiger partial charge in [0.2, 0.25) is 0 Å². The molecule has 0 spiro atoms. The quantitative estimate of drug-likeness (QED) is 0.870. The monoisotopic (exact) mass is 326 g/mol. The maximum absolute atomic E-state index is 12.6. The Labute approximate surface area is 143 Å². The van der Waals surface area contributed by atoms with Crippen LogP contribution in [0.1, 0.15) is 46.9 Å². The van der Waals surface area contributed by atoms with E-state index >= 15 is 0 Å². The predicted molar refractivity (Wildman–Crippen MR) is 98.7 cm³/mol. The number of benzene rings is 1. The molecule has 0 bridgehead atoms. The van der Waals surface area contributed by atoms with Crippen LogP contribution in [-0.4, -0.2) is 22.4 Å². The third-order valence-electron chi connectivity index (χ3n) is 3.68. The summed E-state index contributed by atoms with van der Waals surface area (Å²) in [6.45, 7) is 12.9. The molecule has 0 aliphatic rings. The number of aryl methyl sites for hydroxylation is 4. The average molecular weight is 326 g/mol. The largest absolute Gasteiger partial charge is 0.370 e. The molecule has 5 nitrogen and oxygen atoms in total. The van der Waals surface area contributed by atoms with E-state index in [2.05, 4.69) is 46.6 Å². The maximum Gasteiger partial charge on any atom is 0.274 e. The molecule has 0 aliphatic heterocycles. The molecule has 0 radical (unpaired) electrons. The molecule has 1 aromatic heterocycles. The first-order chi connectivity index (χ1) is 11.3. The smallest absolute Gasteiger partial charge is 0.274 e. The summed E-state index contributed by atoms with van der Waals surface area (Å²) >= 11 is 0. The fourth-order valence-corrected chi connectivity index (χ4v) is 2.64. The Hall–Kier alpha value is -2.43. The van der Waals surface area contributed by atoms with Crippen LogP contribution in [0.2, 0.25) is 0 Å². The average Bonchev–Trinajstić information content (AvgIpc) is 2.48. The number of carbonyl (C=O) groups excluding carboxylic acids is 1. The van der Waals surface area contributed by atoms with E-state index in [0.29, 0.717) is 23.3 Å². The van der Waals surface area contributed by atoms with Crippen LogP contribution in [-0.2, 0) is 0 Å². The fraction of sp³-hybridized carbons (Fsp3) is 0.421. The van der Waals surface area contributed by atoms with Gasteiger partial charge in [-0.15, -0.1) is 0 Å². The van der Waals surface area contributed by atoms with Crippen molar-refractivity contribution in [3.63, 3.8) is 0 Å². The maximum atomic E-state index is 12.6. The summed E-state index contributed by atoms with van der Waals surface area (Å²) in [7, 11) is 0. The van der Waals surface area contributed by atoms with E-state index in [4.69, 9.17) is 0 Å². The second-order valence-electron chi connectivity index (χ2n) is 6.69. The van der Waals surface area contributed by atoms with Gasteiger partial charge in [-0.3, -0.25) is 4.79 Å². The van der Waals surface area contributed by atoms with Crippen molar-refractivity contribution in [2.75, 3.05) is 17.2 Å². The van der Waals surface area contributed by atoms with Crippen LogP contribution >= 0.6 is 0 Å². The van der Waals surface area contributed by atoms with Gasteiger partial charge in [-0.1, -0.05) is 31.5 Å². The van der Waals surface area contributed by atoms with Gasteiger partial charge < -0.3 is 10.6 Å². The zero-order chi connectivity index (χ0) is 17.9. The Morgan fingerprint density at radius 1 is 1.04 bits per heavy atom. The van der Waals surface area contributed by atoms with Crippen molar-refractivity contribution in [1.82, 2.24) is 9.97 Å². The SMILES string of the molecule is Cc1cc(C)c(NC(=O)c2cc(NCC(C)C)nc(C)n2)c(C)c1. The topological polar surface area (TPSA) is 66.9 Å². The highest BCUT2D eigenvalue weighted by atomic mass is 16.1. The lowest BCUT2D eigenvalue weighted by Crippen LogP contribution is -2.18. The Morgan fingerprint density at radius 2 is 1.67 bits per heavy atom. The van der Waals surface area contributed by atoms with Crippen molar-refractivity contribution in [2.24, 2.45) is 5.92 Å². The minimum Gasteiger partial charge on any atom is -0.370 e. The summed E-state index contributed by atoms with van der Waals surface area (Å²) in [6, 6.07) is 5.82. The molecular weight excluding hydrogens is 300 g/mol. The van der Waals surface area contributed by atoms with E-state index in [1.165, 1.54) is 5.56 Å². The van der Waals surface area contributed by atoms with Crippen LogP contribution in [0.4, 0.5) is 11.5 Å². The third-order valence-corrected chi connectivity index (χ3v) is 3.68. The van der Waals surface area contributed by atoms with Crippen LogP contribution in [0.15, 0.2) is 18.2 Å². The van der Waals surface area contributed by atoms with E-state index < -0.39 is 0 Å². The van der Waals surface area contributed by atoms with Gasteiger partial charge in [0.25, 0.3) is 5.91 Å². The fourth-order valence-electron chi connectivity index (χ4n) is 2.64. The molecule has 5 heteroatoms. The van der Waals surface area contributed by atoms with Crippen molar-refractivity contribution in [3.05, 3.63) is 46.4 Å². The highest BCUT2D eigenvalue weighted by molar-refractivity contribution is 6.04. The molecule has 0 atom stereocenters. The molecular formula is C19H26N4O. The molecule has 0 unspecified atom stereocenters. The lowest BCUT2D eigenvalue weighted by atomic mass is 10.0. The number of hydrogen-bond donors (Lipinski definition) is 2. The lowest BCUT2D eigenvalue weighted by molar-refractivity contribution is 0.102. The Morgan fingerprint density at radius 3 is 2.25 bits per heavy atom. The van der Waals surface area contributed by atoms with E-state index in [1.807, 2.05) is 20.8 Å². The molecule has 24 heavy (non-hydrogen) atoms. The van der Waals surface area contributed by atoms with Gasteiger partial charge in [-0.05, 0) is 44.7 Å². The second kappa shape index (κ2) is 7.43. The molecule has 1 aromatic carbocycles. The standard InChI is InChI=1S/C19H26N4O/c1-11(2)10-20-17-9-16(21-15(6)22-17)19(24)23-18-13(4)7-12(3)8-14(18)5/h7-9,11H,10H2,1-6H3,(H,23,24)(H,20,21,22). The summed E-state index contributed by atoms with van der Waals surface area (Å²) in [5, 5.41) is 6.23. The Balaban J connectivity index is 2.24. The molecule has 1 amide bonds. The molecule has 1 heterocycles. The molecule has 2 N–H and O–H groups in total. The van der Waals surface area contributed by atoms with Gasteiger partial charge in [0.15, 0.2) is 0 Å². The number of anilines is 2. The number of amides is 1. The van der Waals surface area contributed by atoms with Crippen LogP contribution in [0, 0.1) is 33.6 Å². The van der Waals surface area contributed by atoms with E-state index in [1.54, 1.807) is 13.0 Å². The van der Waals surface area contributed by atoms with Crippen molar-refractivity contribution in [3.8, 4) is 0 Å². The Bertz CT molecular complexity index is 730. The molecule has 0 fully saturated rings. The second-order valence-corrected chi connectivity index (χ2v) is 6.69. The molecule has 128 valence electrons. The molecule has 2 rings (SSSR count). The number of nitrogens with one attached hydrogen (secondary N) is 2. The minimum absolute atomic E-state index is 0.219. The summed E-state index contributed by atoms with van der Waals surface area (Å²) in [5.41, 5.74) is 4.49. The third kappa shape index (κ3) is 4.54. The predicted octanol–water partition coefficient (Wildman–Crippen LogP) is 4.03. The number of aromatic nitrogens is 2. The highest BCUT2D eigenvalue weighted by Crippen LogP contribution is 2.22. The van der Waals surface area contributed by atoms with Crippen LogP contribution in [0.3, 0.4) is 0 Å². The van der Waals surface area contributed by atoms with E-state index in [-0.39, 0.29) is 5.91 Å². The zero-order valence-corrected chi connectivity index (χ0v) is 15.3. The number of hydrogen-bond acceptors (Lipinski definition) is 4. The summed E-state index contributed by atoms with van der Waals surface area (Å²) in [6.07, 6.45) is 0. The first-order valence-corrected chi connectivity index (χ1v) is 8.25. The first kappa shape index (κ1) is 17.9. The van der Waals surface area contributed by atoms with Gasteiger partial charge in [-0.2, -0.15) is 0 Å². The van der Waals surface area contributed by atoms with Crippen molar-refractivity contribution in [1.29, 1.82) is 0 Å². The zero-order valence-electron chi connectivity index (χ0n) is 15.3. The van der Waals surface area contributed by atoms with Crippen LogP contribution < -0.4 is 10.6 Å². The van der Waals surface area contributed by atoms with Crippen molar-refractivity contribution in [2.45, 2.75) is 41.5 Å². The molecule has 0 saturated carbocycles. The van der Waals surface area contributed by atoms with Gasteiger partial charge >= 0.3 is 0 Å². The van der Waals surface area contributed by atoms with Gasteiger partial charge in [0.1, 0.15) is 17.3 Å². The number of carbonyl (C=O) groups is 1. The van der Waals surface area contributed by atoms with E-state index in [9.17, 15) is 4.79 Å². The van der Waals surface area contributed by atoms with Gasteiger partial charge in [0, 0.05) is 18.3 Å². The number of rotatable bonds is 5. The molecule has 0 aliphatic carbocycles. The molecule has 2 aromatic rings. The van der Waals surface area contributed by atoms with Crippen molar-refractivity contribution < 1.29 is 4.79 Å². The normalized spacial score (nSPS) is 10.8. The van der Waals surface area contributed by atoms with Crippen LogP contribution in [0.5, 0.6) is 0 Å². The van der Waals surface area contributed by atoms with Gasteiger partial charge in [-0.25, -0.2) is 9.97 Å². The lowest BCUT2D eigenvalue weighted by Gasteiger charge is -2.14. The highest BCUT2D eigenvalue weighted by Gasteiger charge is 2.13. The van der Waals surface area contributed by atoms with Crippen molar-refractivity contribution >= 4 is 17.4 Å². The Kier molecular flexibility index (Phi) is 5.54. The van der Waals surface area contributed by atoms with Gasteiger partial charge in [0.05, 0.1) is 0 Å². The molecule has 0 saturated heterocycles. The summed E-state index contributed by atoms with van der Waals surface area (Å²) in [5.74, 6) is 1.53. The van der Waals surface area contributed by atoms with Crippen LogP contribution in [0.25, 0.3) is 0 Å².